The second kappa shape index (κ2) is 7.54. The number of piperazine rings is 1. The zero-order valence-electron chi connectivity index (χ0n) is 11.1. The number of halogens is 4. The fourth-order valence-electron chi connectivity index (χ4n) is 2.33. The summed E-state index contributed by atoms with van der Waals surface area (Å²) in [5.41, 5.74) is 0.326. The number of hydrogen-bond donors (Lipinski definition) is 1. The zero-order valence-corrected chi connectivity index (χ0v) is 12.7. The van der Waals surface area contributed by atoms with E-state index in [2.05, 4.69) is 5.32 Å². The maximum Gasteiger partial charge on any atom is 0.408 e. The van der Waals surface area contributed by atoms with E-state index >= 15 is 0 Å². The summed E-state index contributed by atoms with van der Waals surface area (Å²) >= 11 is 1.53. The van der Waals surface area contributed by atoms with Gasteiger partial charge in [-0.3, -0.25) is 4.90 Å². The monoisotopic (exact) mass is 326 g/mol. The molecule has 0 unspecified atom stereocenters. The van der Waals surface area contributed by atoms with Gasteiger partial charge in [0.15, 0.2) is 0 Å². The van der Waals surface area contributed by atoms with Crippen molar-refractivity contribution in [2.75, 3.05) is 32.4 Å². The molecule has 20 heavy (non-hydrogen) atoms. The van der Waals surface area contributed by atoms with Crippen molar-refractivity contribution in [1.29, 1.82) is 0 Å². The van der Waals surface area contributed by atoms with Gasteiger partial charge in [0.1, 0.15) is 6.04 Å². The Balaban J connectivity index is 0.00000200. The van der Waals surface area contributed by atoms with Crippen LogP contribution in [0.5, 0.6) is 0 Å². The van der Waals surface area contributed by atoms with Crippen molar-refractivity contribution in [2.45, 2.75) is 17.1 Å². The quantitative estimate of drug-likeness (QED) is 0.858. The van der Waals surface area contributed by atoms with Crippen molar-refractivity contribution in [3.8, 4) is 0 Å². The van der Waals surface area contributed by atoms with Gasteiger partial charge in [-0.25, -0.2) is 0 Å². The summed E-state index contributed by atoms with van der Waals surface area (Å²) in [7, 11) is 0. The fourth-order valence-corrected chi connectivity index (χ4v) is 2.74. The summed E-state index contributed by atoms with van der Waals surface area (Å²) in [6.45, 7) is 2.06. The van der Waals surface area contributed by atoms with Crippen molar-refractivity contribution in [3.63, 3.8) is 0 Å². The Labute approximate surface area is 127 Å². The summed E-state index contributed by atoms with van der Waals surface area (Å²) in [4.78, 5) is 2.48. The molecule has 1 aliphatic heterocycles. The minimum atomic E-state index is -4.24. The molecule has 0 spiro atoms. The fraction of sp³-hybridized carbons (Fsp3) is 0.538. The Bertz CT molecular complexity index is 405. The maximum absolute atomic E-state index is 13.3. The number of thioether (sulfide) groups is 1. The lowest BCUT2D eigenvalue weighted by atomic mass is 10.0. The molecular formula is C13H18ClF3N2S. The molecule has 1 heterocycles. The van der Waals surface area contributed by atoms with Gasteiger partial charge in [-0.1, -0.05) is 12.1 Å². The largest absolute Gasteiger partial charge is 0.408 e. The number of benzene rings is 1. The summed E-state index contributed by atoms with van der Waals surface area (Å²) < 4.78 is 39.9. The number of rotatable bonds is 3. The van der Waals surface area contributed by atoms with Crippen molar-refractivity contribution in [1.82, 2.24) is 10.2 Å². The number of hydrogen-bond acceptors (Lipinski definition) is 3. The van der Waals surface area contributed by atoms with Gasteiger partial charge in [0.2, 0.25) is 0 Å². The Hall–Kier alpha value is -0.430. The highest BCUT2D eigenvalue weighted by Crippen LogP contribution is 2.38. The number of nitrogens with zero attached hydrogens (tertiary/aromatic N) is 1. The molecule has 1 aliphatic rings. The lowest BCUT2D eigenvalue weighted by molar-refractivity contribution is -0.187. The maximum atomic E-state index is 13.3. The standard InChI is InChI=1S/C13H17F3N2S.ClH/c1-19-11-4-2-10(3-5-11)12(13(14,15)16)18-8-6-17-7-9-18;/h2-5,12,17H,6-9H2,1H3;1H/t12-;/m1./s1. The SMILES string of the molecule is CSc1ccc([C@@H](N2CCNCC2)C(F)(F)F)cc1.Cl. The third-order valence-corrected chi connectivity index (χ3v) is 4.00. The minimum absolute atomic E-state index is 0. The first kappa shape index (κ1) is 17.6. The van der Waals surface area contributed by atoms with Crippen molar-refractivity contribution in [2.24, 2.45) is 0 Å². The zero-order chi connectivity index (χ0) is 13.9. The molecule has 0 bridgehead atoms. The first-order valence-electron chi connectivity index (χ1n) is 6.18. The molecule has 0 aliphatic carbocycles. The van der Waals surface area contributed by atoms with Crippen LogP contribution in [0.4, 0.5) is 13.2 Å². The summed E-state index contributed by atoms with van der Waals surface area (Å²) in [6, 6.07) is 5.19. The van der Waals surface area contributed by atoms with Gasteiger partial charge in [-0.2, -0.15) is 13.2 Å². The number of nitrogens with one attached hydrogen (secondary N) is 1. The third kappa shape index (κ3) is 4.28. The van der Waals surface area contributed by atoms with Gasteiger partial charge in [0.05, 0.1) is 0 Å². The predicted octanol–water partition coefficient (Wildman–Crippen LogP) is 3.34. The molecular weight excluding hydrogens is 309 g/mol. The summed E-state index contributed by atoms with van der Waals surface area (Å²) in [5.74, 6) is 0. The van der Waals surface area contributed by atoms with E-state index in [0.717, 1.165) is 4.90 Å². The molecule has 0 saturated carbocycles. The van der Waals surface area contributed by atoms with E-state index in [9.17, 15) is 13.2 Å². The lowest BCUT2D eigenvalue weighted by Crippen LogP contribution is -2.49. The first-order valence-corrected chi connectivity index (χ1v) is 7.40. The van der Waals surface area contributed by atoms with E-state index < -0.39 is 12.2 Å². The second-order valence-corrected chi connectivity index (χ2v) is 5.38. The van der Waals surface area contributed by atoms with Crippen molar-refractivity contribution in [3.05, 3.63) is 29.8 Å². The molecule has 1 N–H and O–H groups in total. The summed E-state index contributed by atoms with van der Waals surface area (Å²) in [6.07, 6.45) is -2.33. The Morgan fingerprint density at radius 2 is 1.70 bits per heavy atom. The van der Waals surface area contributed by atoms with Crippen molar-refractivity contribution >= 4 is 24.2 Å². The molecule has 7 heteroatoms. The smallest absolute Gasteiger partial charge is 0.314 e. The van der Waals surface area contributed by atoms with Gasteiger partial charge in [0, 0.05) is 31.1 Å². The van der Waals surface area contributed by atoms with E-state index in [4.69, 9.17) is 0 Å². The molecule has 1 saturated heterocycles. The normalized spacial score (nSPS) is 18.4. The van der Waals surface area contributed by atoms with Crippen LogP contribution in [0, 0.1) is 0 Å². The first-order chi connectivity index (χ1) is 9.02. The van der Waals surface area contributed by atoms with E-state index in [1.165, 1.54) is 16.7 Å². The molecule has 1 fully saturated rings. The highest BCUT2D eigenvalue weighted by Gasteiger charge is 2.44. The minimum Gasteiger partial charge on any atom is -0.314 e. The van der Waals surface area contributed by atoms with E-state index in [1.54, 1.807) is 24.3 Å². The number of alkyl halides is 3. The van der Waals surface area contributed by atoms with Crippen LogP contribution in [0.25, 0.3) is 0 Å². The molecule has 1 atom stereocenters. The van der Waals surface area contributed by atoms with Crippen LogP contribution in [0.15, 0.2) is 29.2 Å². The topological polar surface area (TPSA) is 15.3 Å². The Morgan fingerprint density at radius 3 is 2.15 bits per heavy atom. The van der Waals surface area contributed by atoms with Crippen LogP contribution in [-0.4, -0.2) is 43.5 Å². The molecule has 0 radical (unpaired) electrons. The van der Waals surface area contributed by atoms with Crippen LogP contribution < -0.4 is 5.32 Å². The van der Waals surface area contributed by atoms with Crippen LogP contribution in [0.2, 0.25) is 0 Å². The Kier molecular flexibility index (Phi) is 6.64. The average Bonchev–Trinajstić information content (AvgIpc) is 2.39. The molecule has 0 amide bonds. The van der Waals surface area contributed by atoms with Crippen molar-refractivity contribution < 1.29 is 13.2 Å². The van der Waals surface area contributed by atoms with Crippen LogP contribution in [0.1, 0.15) is 11.6 Å². The van der Waals surface area contributed by atoms with Gasteiger partial charge >= 0.3 is 6.18 Å². The molecule has 0 aromatic heterocycles. The van der Waals surface area contributed by atoms with Gasteiger partial charge in [0.25, 0.3) is 0 Å². The Morgan fingerprint density at radius 1 is 1.15 bits per heavy atom. The second-order valence-electron chi connectivity index (χ2n) is 4.50. The highest BCUT2D eigenvalue weighted by atomic mass is 35.5. The van der Waals surface area contributed by atoms with E-state index in [1.807, 2.05) is 6.26 Å². The summed E-state index contributed by atoms with van der Waals surface area (Å²) in [5, 5.41) is 3.08. The van der Waals surface area contributed by atoms with Crippen LogP contribution >= 0.6 is 24.2 Å². The molecule has 1 aromatic carbocycles. The molecule has 2 nitrogen and oxygen atoms in total. The van der Waals surface area contributed by atoms with E-state index in [-0.39, 0.29) is 12.4 Å². The van der Waals surface area contributed by atoms with E-state index in [0.29, 0.717) is 31.7 Å². The van der Waals surface area contributed by atoms with Crippen LogP contribution in [0.3, 0.4) is 0 Å². The molecule has 114 valence electrons. The van der Waals surface area contributed by atoms with Gasteiger partial charge < -0.3 is 5.32 Å². The average molecular weight is 327 g/mol. The predicted molar refractivity (Wildman–Crippen MR) is 78.7 cm³/mol. The van der Waals surface area contributed by atoms with Crippen LogP contribution in [-0.2, 0) is 0 Å². The third-order valence-electron chi connectivity index (χ3n) is 3.26. The highest BCUT2D eigenvalue weighted by molar-refractivity contribution is 7.98. The lowest BCUT2D eigenvalue weighted by Gasteiger charge is -2.36. The van der Waals surface area contributed by atoms with Gasteiger partial charge in [-0.05, 0) is 24.0 Å². The molecule has 1 aromatic rings. The molecule has 2 rings (SSSR count). The van der Waals surface area contributed by atoms with Gasteiger partial charge in [-0.15, -0.1) is 24.2 Å².